The zero-order valence-electron chi connectivity index (χ0n) is 9.92. The first kappa shape index (κ1) is 12.1. The van der Waals surface area contributed by atoms with E-state index in [1.54, 1.807) is 0 Å². The van der Waals surface area contributed by atoms with Crippen LogP contribution in [0.25, 0.3) is 0 Å². The van der Waals surface area contributed by atoms with Gasteiger partial charge in [-0.3, -0.25) is 0 Å². The van der Waals surface area contributed by atoms with Crippen LogP contribution in [0, 0.1) is 6.92 Å². The van der Waals surface area contributed by atoms with Crippen molar-refractivity contribution in [3.8, 4) is 5.75 Å². The minimum atomic E-state index is 0.408. The van der Waals surface area contributed by atoms with Gasteiger partial charge in [0.25, 0.3) is 0 Å². The molecule has 2 heteroatoms. The normalized spacial score (nSPS) is 12.5. The summed E-state index contributed by atoms with van der Waals surface area (Å²) in [5, 5.41) is 3.39. The number of nitrogens with one attached hydrogen (secondary N) is 1. The van der Waals surface area contributed by atoms with Crippen LogP contribution in [0.15, 0.2) is 24.3 Å². The van der Waals surface area contributed by atoms with E-state index in [-0.39, 0.29) is 0 Å². The van der Waals surface area contributed by atoms with Gasteiger partial charge in [-0.25, -0.2) is 0 Å². The van der Waals surface area contributed by atoms with E-state index < -0.39 is 0 Å². The minimum Gasteiger partial charge on any atom is -0.492 e. The Balaban J connectivity index is 2.30. The van der Waals surface area contributed by atoms with Gasteiger partial charge in [-0.2, -0.15) is 0 Å². The molecule has 84 valence electrons. The van der Waals surface area contributed by atoms with Crippen molar-refractivity contribution in [1.29, 1.82) is 0 Å². The van der Waals surface area contributed by atoms with E-state index in [2.05, 4.69) is 38.2 Å². The zero-order chi connectivity index (χ0) is 11.1. The van der Waals surface area contributed by atoms with Crippen LogP contribution in [-0.4, -0.2) is 19.2 Å². The second-order valence-electron chi connectivity index (χ2n) is 3.98. The lowest BCUT2D eigenvalue weighted by molar-refractivity contribution is 0.273. The van der Waals surface area contributed by atoms with Crippen LogP contribution in [0.3, 0.4) is 0 Å². The Hall–Kier alpha value is -1.02. The van der Waals surface area contributed by atoms with E-state index in [0.29, 0.717) is 6.04 Å². The molecule has 0 bridgehead atoms. The summed E-state index contributed by atoms with van der Waals surface area (Å²) in [6.45, 7) is 8.17. The maximum Gasteiger partial charge on any atom is 0.119 e. The standard InChI is InChI=1S/C13H21NO/c1-4-8-14-12(3)10-15-13-7-5-6-11(2)9-13/h5-7,9,12,14H,4,8,10H2,1-3H3. The van der Waals surface area contributed by atoms with Gasteiger partial charge in [-0.15, -0.1) is 0 Å². The van der Waals surface area contributed by atoms with E-state index in [9.17, 15) is 0 Å². The molecule has 0 aromatic heterocycles. The highest BCUT2D eigenvalue weighted by molar-refractivity contribution is 5.27. The smallest absolute Gasteiger partial charge is 0.119 e. The molecule has 0 aliphatic rings. The molecule has 15 heavy (non-hydrogen) atoms. The van der Waals surface area contributed by atoms with Gasteiger partial charge in [0.15, 0.2) is 0 Å². The van der Waals surface area contributed by atoms with Gasteiger partial charge in [-0.05, 0) is 44.5 Å². The highest BCUT2D eigenvalue weighted by atomic mass is 16.5. The molecule has 1 aromatic carbocycles. The third-order valence-electron chi connectivity index (χ3n) is 2.23. The predicted octanol–water partition coefficient (Wildman–Crippen LogP) is 2.76. The monoisotopic (exact) mass is 207 g/mol. The van der Waals surface area contributed by atoms with Crippen LogP contribution in [-0.2, 0) is 0 Å². The number of aryl methyl sites for hydroxylation is 1. The SMILES string of the molecule is CCCNC(C)COc1cccc(C)c1. The molecule has 2 nitrogen and oxygen atoms in total. The first-order chi connectivity index (χ1) is 7.22. The predicted molar refractivity (Wildman–Crippen MR) is 64.4 cm³/mol. The molecule has 0 spiro atoms. The lowest BCUT2D eigenvalue weighted by atomic mass is 10.2. The van der Waals surface area contributed by atoms with Crippen LogP contribution >= 0.6 is 0 Å². The Morgan fingerprint density at radius 1 is 1.40 bits per heavy atom. The fourth-order valence-electron chi connectivity index (χ4n) is 1.38. The lowest BCUT2D eigenvalue weighted by Crippen LogP contribution is -2.32. The highest BCUT2D eigenvalue weighted by Crippen LogP contribution is 2.12. The summed E-state index contributed by atoms with van der Waals surface area (Å²) in [7, 11) is 0. The van der Waals surface area contributed by atoms with Gasteiger partial charge in [0.1, 0.15) is 12.4 Å². The van der Waals surface area contributed by atoms with E-state index in [1.165, 1.54) is 5.56 Å². The number of ether oxygens (including phenoxy) is 1. The summed E-state index contributed by atoms with van der Waals surface area (Å²) < 4.78 is 5.68. The molecule has 1 aromatic rings. The highest BCUT2D eigenvalue weighted by Gasteiger charge is 2.01. The molecule has 0 saturated heterocycles. The van der Waals surface area contributed by atoms with Crippen LogP contribution < -0.4 is 10.1 Å². The first-order valence-electron chi connectivity index (χ1n) is 5.65. The third-order valence-corrected chi connectivity index (χ3v) is 2.23. The second-order valence-corrected chi connectivity index (χ2v) is 3.98. The van der Waals surface area contributed by atoms with Crippen LogP contribution in [0.5, 0.6) is 5.75 Å². The summed E-state index contributed by atoms with van der Waals surface area (Å²) in [6, 6.07) is 8.57. The van der Waals surface area contributed by atoms with Gasteiger partial charge in [0.05, 0.1) is 0 Å². The third kappa shape index (κ3) is 4.84. The average Bonchev–Trinajstić information content (AvgIpc) is 2.23. The van der Waals surface area contributed by atoms with Crippen molar-refractivity contribution in [3.63, 3.8) is 0 Å². The molecule has 0 saturated carbocycles. The van der Waals surface area contributed by atoms with E-state index >= 15 is 0 Å². The van der Waals surface area contributed by atoms with Gasteiger partial charge < -0.3 is 10.1 Å². The number of benzene rings is 1. The Bertz CT molecular complexity index is 286. The number of rotatable bonds is 6. The fourth-order valence-corrected chi connectivity index (χ4v) is 1.38. The van der Waals surface area contributed by atoms with Gasteiger partial charge >= 0.3 is 0 Å². The fraction of sp³-hybridized carbons (Fsp3) is 0.538. The maximum atomic E-state index is 5.68. The Labute approximate surface area is 92.6 Å². The molecule has 0 heterocycles. The van der Waals surface area contributed by atoms with Crippen molar-refractivity contribution in [2.45, 2.75) is 33.2 Å². The van der Waals surface area contributed by atoms with Crippen molar-refractivity contribution in [2.75, 3.05) is 13.2 Å². The van der Waals surface area contributed by atoms with Crippen molar-refractivity contribution >= 4 is 0 Å². The van der Waals surface area contributed by atoms with Crippen molar-refractivity contribution in [2.24, 2.45) is 0 Å². The molecule has 0 aliphatic carbocycles. The van der Waals surface area contributed by atoms with E-state index in [4.69, 9.17) is 4.74 Å². The van der Waals surface area contributed by atoms with Crippen LogP contribution in [0.1, 0.15) is 25.8 Å². The molecule has 0 radical (unpaired) electrons. The Kier molecular flexibility index (Phi) is 5.19. The molecular weight excluding hydrogens is 186 g/mol. The van der Waals surface area contributed by atoms with Gasteiger partial charge in [0, 0.05) is 6.04 Å². The van der Waals surface area contributed by atoms with E-state index in [1.807, 2.05) is 12.1 Å². The summed E-state index contributed by atoms with van der Waals surface area (Å²) in [5.74, 6) is 0.958. The molecule has 0 aliphatic heterocycles. The van der Waals surface area contributed by atoms with Crippen LogP contribution in [0.4, 0.5) is 0 Å². The molecule has 1 rings (SSSR count). The van der Waals surface area contributed by atoms with Gasteiger partial charge in [-0.1, -0.05) is 19.1 Å². The van der Waals surface area contributed by atoms with Gasteiger partial charge in [0.2, 0.25) is 0 Å². The summed E-state index contributed by atoms with van der Waals surface area (Å²) >= 11 is 0. The number of hydrogen-bond donors (Lipinski definition) is 1. The molecule has 1 unspecified atom stereocenters. The topological polar surface area (TPSA) is 21.3 Å². The lowest BCUT2D eigenvalue weighted by Gasteiger charge is -2.14. The maximum absolute atomic E-state index is 5.68. The Morgan fingerprint density at radius 2 is 2.20 bits per heavy atom. The minimum absolute atomic E-state index is 0.408. The number of hydrogen-bond acceptors (Lipinski definition) is 2. The molecular formula is C13H21NO. The summed E-state index contributed by atoms with van der Waals surface area (Å²) in [4.78, 5) is 0. The second kappa shape index (κ2) is 6.46. The first-order valence-corrected chi connectivity index (χ1v) is 5.65. The molecule has 0 amide bonds. The molecule has 1 N–H and O–H groups in total. The van der Waals surface area contributed by atoms with Crippen molar-refractivity contribution < 1.29 is 4.74 Å². The Morgan fingerprint density at radius 3 is 2.87 bits per heavy atom. The summed E-state index contributed by atoms with van der Waals surface area (Å²) in [6.07, 6.45) is 1.16. The molecule has 1 atom stereocenters. The average molecular weight is 207 g/mol. The largest absolute Gasteiger partial charge is 0.492 e. The van der Waals surface area contributed by atoms with E-state index in [0.717, 1.165) is 25.3 Å². The quantitative estimate of drug-likeness (QED) is 0.774. The van der Waals surface area contributed by atoms with Crippen molar-refractivity contribution in [1.82, 2.24) is 5.32 Å². The zero-order valence-corrected chi connectivity index (χ0v) is 9.92. The van der Waals surface area contributed by atoms with Crippen molar-refractivity contribution in [3.05, 3.63) is 29.8 Å². The summed E-state index contributed by atoms with van der Waals surface area (Å²) in [5.41, 5.74) is 1.24. The molecule has 0 fully saturated rings. The van der Waals surface area contributed by atoms with Crippen LogP contribution in [0.2, 0.25) is 0 Å².